The molecule has 1 aromatic heterocycles. The summed E-state index contributed by atoms with van der Waals surface area (Å²) >= 11 is 0. The fourth-order valence-electron chi connectivity index (χ4n) is 3.13. The normalized spacial score (nSPS) is 17.1. The Balaban J connectivity index is 1.87. The number of ether oxygens (including phenoxy) is 1. The summed E-state index contributed by atoms with van der Waals surface area (Å²) in [6, 6.07) is 4.48. The van der Waals surface area contributed by atoms with Gasteiger partial charge in [-0.1, -0.05) is 0 Å². The van der Waals surface area contributed by atoms with E-state index >= 15 is 0 Å². The van der Waals surface area contributed by atoms with E-state index < -0.39 is 38.1 Å². The lowest BCUT2D eigenvalue weighted by Gasteiger charge is -2.23. The minimum atomic E-state index is -5.62. The number of furan rings is 1. The van der Waals surface area contributed by atoms with Gasteiger partial charge in [-0.2, -0.15) is 13.2 Å². The van der Waals surface area contributed by atoms with Gasteiger partial charge in [-0.3, -0.25) is 9.59 Å². The van der Waals surface area contributed by atoms with Gasteiger partial charge in [0, 0.05) is 6.54 Å². The SMILES string of the molecule is COc1ccc(S(=O)(=O)C(F)(F)F)cc1NC(=O)[C@@H]1CCCN1C(=O)c1ccco1. The van der Waals surface area contributed by atoms with E-state index in [1.165, 1.54) is 30.4 Å². The number of anilines is 1. The number of amides is 2. The molecule has 0 radical (unpaired) electrons. The summed E-state index contributed by atoms with van der Waals surface area (Å²) in [6.45, 7) is 0.289. The maximum Gasteiger partial charge on any atom is 0.501 e. The molecule has 1 atom stereocenters. The van der Waals surface area contributed by atoms with Gasteiger partial charge >= 0.3 is 5.51 Å². The van der Waals surface area contributed by atoms with Gasteiger partial charge in [0.2, 0.25) is 5.91 Å². The number of likely N-dealkylation sites (tertiary alicyclic amines) is 1. The van der Waals surface area contributed by atoms with E-state index in [2.05, 4.69) is 5.32 Å². The summed E-state index contributed by atoms with van der Waals surface area (Å²) in [4.78, 5) is 25.5. The first-order valence-corrected chi connectivity index (χ1v) is 10.2. The fraction of sp³-hybridized carbons (Fsp3) is 0.333. The Kier molecular flexibility index (Phi) is 5.79. The molecule has 0 aliphatic carbocycles. The van der Waals surface area contributed by atoms with Crippen LogP contribution < -0.4 is 10.1 Å². The quantitative estimate of drug-likeness (QED) is 0.757. The maximum atomic E-state index is 12.9. The molecule has 3 rings (SSSR count). The monoisotopic (exact) mass is 446 g/mol. The second kappa shape index (κ2) is 8.01. The molecule has 0 bridgehead atoms. The zero-order valence-corrected chi connectivity index (χ0v) is 16.4. The van der Waals surface area contributed by atoms with Crippen molar-refractivity contribution in [2.45, 2.75) is 29.3 Å². The largest absolute Gasteiger partial charge is 0.501 e. The number of carbonyl (C=O) groups excluding carboxylic acids is 2. The number of sulfone groups is 1. The van der Waals surface area contributed by atoms with E-state index in [1.807, 2.05) is 0 Å². The second-order valence-electron chi connectivity index (χ2n) is 6.43. The smallest absolute Gasteiger partial charge is 0.495 e. The molecule has 1 aromatic carbocycles. The van der Waals surface area contributed by atoms with Crippen molar-refractivity contribution in [1.82, 2.24) is 4.90 Å². The lowest BCUT2D eigenvalue weighted by Crippen LogP contribution is -2.43. The minimum Gasteiger partial charge on any atom is -0.495 e. The molecule has 1 aliphatic heterocycles. The Morgan fingerprint density at radius 3 is 2.60 bits per heavy atom. The van der Waals surface area contributed by atoms with Crippen LogP contribution in [0.3, 0.4) is 0 Å². The molecule has 2 amide bonds. The van der Waals surface area contributed by atoms with Crippen LogP contribution in [0.25, 0.3) is 0 Å². The number of nitrogens with zero attached hydrogens (tertiary/aromatic N) is 1. The highest BCUT2D eigenvalue weighted by molar-refractivity contribution is 7.92. The van der Waals surface area contributed by atoms with Crippen molar-refractivity contribution in [3.63, 3.8) is 0 Å². The Hall–Kier alpha value is -3.02. The van der Waals surface area contributed by atoms with E-state index in [4.69, 9.17) is 9.15 Å². The lowest BCUT2D eigenvalue weighted by atomic mass is 10.2. The van der Waals surface area contributed by atoms with Gasteiger partial charge in [-0.15, -0.1) is 0 Å². The molecule has 1 saturated heterocycles. The van der Waals surface area contributed by atoms with E-state index in [9.17, 15) is 31.2 Å². The Morgan fingerprint density at radius 2 is 2.00 bits per heavy atom. The Bertz CT molecular complexity index is 1050. The minimum absolute atomic E-state index is 0.0358. The summed E-state index contributed by atoms with van der Waals surface area (Å²) < 4.78 is 72.0. The summed E-state index contributed by atoms with van der Waals surface area (Å²) in [6.07, 6.45) is 2.17. The zero-order chi connectivity index (χ0) is 22.1. The third-order valence-corrected chi connectivity index (χ3v) is 6.08. The molecule has 8 nitrogen and oxygen atoms in total. The summed E-state index contributed by atoms with van der Waals surface area (Å²) in [7, 11) is -4.40. The first kappa shape index (κ1) is 21.7. The molecule has 30 heavy (non-hydrogen) atoms. The van der Waals surface area contributed by atoms with Crippen LogP contribution in [0, 0.1) is 0 Å². The third-order valence-electron chi connectivity index (χ3n) is 4.59. The second-order valence-corrected chi connectivity index (χ2v) is 8.38. The molecule has 0 spiro atoms. The van der Waals surface area contributed by atoms with Gasteiger partial charge in [0.1, 0.15) is 11.8 Å². The van der Waals surface area contributed by atoms with Gasteiger partial charge in [-0.25, -0.2) is 8.42 Å². The summed E-state index contributed by atoms with van der Waals surface area (Å²) in [5, 5.41) is 2.38. The molecule has 12 heteroatoms. The summed E-state index contributed by atoms with van der Waals surface area (Å²) in [5.74, 6) is -1.18. The number of alkyl halides is 3. The molecule has 1 aliphatic rings. The number of hydrogen-bond acceptors (Lipinski definition) is 6. The molecular weight excluding hydrogens is 429 g/mol. The van der Waals surface area contributed by atoms with Crippen molar-refractivity contribution < 1.29 is 40.3 Å². The van der Waals surface area contributed by atoms with Gasteiger partial charge in [-0.05, 0) is 43.2 Å². The van der Waals surface area contributed by atoms with Crippen molar-refractivity contribution in [3.05, 3.63) is 42.4 Å². The number of methoxy groups -OCH3 is 1. The van der Waals surface area contributed by atoms with E-state index in [0.29, 0.717) is 18.9 Å². The lowest BCUT2D eigenvalue weighted by molar-refractivity contribution is -0.119. The molecule has 1 fully saturated rings. The topological polar surface area (TPSA) is 106 Å². The number of halogens is 3. The van der Waals surface area contributed by atoms with Crippen LogP contribution in [-0.4, -0.2) is 50.3 Å². The number of benzene rings is 1. The van der Waals surface area contributed by atoms with E-state index in [-0.39, 0.29) is 23.7 Å². The average Bonchev–Trinajstić information content (AvgIpc) is 3.38. The van der Waals surface area contributed by atoms with Crippen molar-refractivity contribution >= 4 is 27.3 Å². The van der Waals surface area contributed by atoms with Crippen molar-refractivity contribution in [2.75, 3.05) is 19.0 Å². The standard InChI is InChI=1S/C18H17F3N2O6S/c1-28-14-7-6-11(30(26,27)18(19,20)21)10-12(14)22-16(24)13-4-2-8-23(13)17(25)15-5-3-9-29-15/h3,5-7,9-10,13H,2,4,8H2,1H3,(H,22,24)/t13-/m0/s1. The van der Waals surface area contributed by atoms with Crippen LogP contribution >= 0.6 is 0 Å². The molecule has 2 aromatic rings. The van der Waals surface area contributed by atoms with E-state index in [1.54, 1.807) is 0 Å². The molecule has 0 unspecified atom stereocenters. The molecule has 1 N–H and O–H groups in total. The van der Waals surface area contributed by atoms with Crippen molar-refractivity contribution in [1.29, 1.82) is 0 Å². The highest BCUT2D eigenvalue weighted by Gasteiger charge is 2.47. The molecule has 162 valence electrons. The van der Waals surface area contributed by atoms with Gasteiger partial charge in [0.05, 0.1) is 24.0 Å². The predicted octanol–water partition coefficient (Wildman–Crippen LogP) is 2.83. The number of carbonyl (C=O) groups is 2. The van der Waals surface area contributed by atoms with E-state index in [0.717, 1.165) is 12.1 Å². The van der Waals surface area contributed by atoms with Gasteiger partial charge in [0.25, 0.3) is 15.7 Å². The molecule has 2 heterocycles. The molecular formula is C18H17F3N2O6S. The average molecular weight is 446 g/mol. The van der Waals surface area contributed by atoms with Crippen LogP contribution in [0.5, 0.6) is 5.75 Å². The molecule has 0 saturated carbocycles. The van der Waals surface area contributed by atoms with Crippen LogP contribution in [-0.2, 0) is 14.6 Å². The highest BCUT2D eigenvalue weighted by atomic mass is 32.2. The predicted molar refractivity (Wildman–Crippen MR) is 97.6 cm³/mol. The Labute approximate surface area is 169 Å². The van der Waals surface area contributed by atoms with Crippen LogP contribution in [0.1, 0.15) is 23.4 Å². The maximum absolute atomic E-state index is 12.9. The first-order valence-electron chi connectivity index (χ1n) is 8.71. The van der Waals surface area contributed by atoms with Gasteiger partial charge in [0.15, 0.2) is 5.76 Å². The number of hydrogen-bond donors (Lipinski definition) is 1. The van der Waals surface area contributed by atoms with Gasteiger partial charge < -0.3 is 19.4 Å². The zero-order valence-electron chi connectivity index (χ0n) is 15.6. The highest BCUT2D eigenvalue weighted by Crippen LogP contribution is 2.35. The Morgan fingerprint density at radius 1 is 1.27 bits per heavy atom. The summed E-state index contributed by atoms with van der Waals surface area (Å²) in [5.41, 5.74) is -5.76. The van der Waals surface area contributed by atoms with Crippen molar-refractivity contribution in [3.8, 4) is 5.75 Å². The number of rotatable bonds is 5. The van der Waals surface area contributed by atoms with Crippen molar-refractivity contribution in [2.24, 2.45) is 0 Å². The van der Waals surface area contributed by atoms with Crippen LogP contribution in [0.4, 0.5) is 18.9 Å². The van der Waals surface area contributed by atoms with Crippen LogP contribution in [0.15, 0.2) is 45.9 Å². The first-order chi connectivity index (χ1) is 14.1. The number of nitrogens with one attached hydrogen (secondary N) is 1. The fourth-order valence-corrected chi connectivity index (χ4v) is 3.91. The third kappa shape index (κ3) is 3.99. The van der Waals surface area contributed by atoms with Crippen LogP contribution in [0.2, 0.25) is 0 Å².